The number of hydrogen-bond donors (Lipinski definition) is 1. The molecule has 3 aromatic rings. The molecule has 8 nitrogen and oxygen atoms in total. The van der Waals surface area contributed by atoms with E-state index in [9.17, 15) is 9.59 Å². The normalized spacial score (nSPS) is 10.6. The minimum atomic E-state index is -0.139. The zero-order chi connectivity index (χ0) is 19.2. The van der Waals surface area contributed by atoms with Crippen LogP contribution < -0.4 is 5.32 Å². The Kier molecular flexibility index (Phi) is 5.65. The van der Waals surface area contributed by atoms with Crippen LogP contribution in [0.1, 0.15) is 28.2 Å². The molecule has 0 aliphatic carbocycles. The third-order valence-corrected chi connectivity index (χ3v) is 4.05. The van der Waals surface area contributed by atoms with Gasteiger partial charge in [-0.05, 0) is 29.8 Å². The fraction of sp³-hybridized carbons (Fsp3) is 0.263. The molecule has 3 rings (SSSR count). The maximum absolute atomic E-state index is 12.3. The van der Waals surface area contributed by atoms with E-state index in [-0.39, 0.29) is 18.2 Å². The monoisotopic (exact) mass is 368 g/mol. The van der Waals surface area contributed by atoms with Gasteiger partial charge < -0.3 is 19.2 Å². The lowest BCUT2D eigenvalue weighted by Crippen LogP contribution is -2.26. The van der Waals surface area contributed by atoms with Crippen LogP contribution in [-0.2, 0) is 17.8 Å². The number of benzene rings is 1. The number of rotatable bonds is 7. The van der Waals surface area contributed by atoms with Crippen LogP contribution >= 0.6 is 0 Å². The number of nitrogens with one attached hydrogen (secondary N) is 1. The maximum Gasteiger partial charge on any atom is 0.251 e. The standard InChI is InChI=1S/C19H20N4O4/c1-20-19(25)14-7-5-13(6-8-14)12-23(2)17(24)10-9-16-21-18(22-27-16)15-4-3-11-26-15/h3-8,11H,9-10,12H2,1-2H3,(H,20,25). The molecule has 8 heteroatoms. The van der Waals surface area contributed by atoms with E-state index in [1.54, 1.807) is 43.3 Å². The zero-order valence-corrected chi connectivity index (χ0v) is 15.1. The topological polar surface area (TPSA) is 101 Å². The summed E-state index contributed by atoms with van der Waals surface area (Å²) in [7, 11) is 3.32. The van der Waals surface area contributed by atoms with Crippen molar-refractivity contribution in [3.63, 3.8) is 0 Å². The van der Waals surface area contributed by atoms with Crippen molar-refractivity contribution in [3.8, 4) is 11.6 Å². The van der Waals surface area contributed by atoms with Gasteiger partial charge in [0.2, 0.25) is 17.6 Å². The first-order valence-corrected chi connectivity index (χ1v) is 8.48. The van der Waals surface area contributed by atoms with E-state index in [2.05, 4.69) is 15.5 Å². The molecule has 0 spiro atoms. The Morgan fingerprint density at radius 3 is 2.63 bits per heavy atom. The molecule has 140 valence electrons. The van der Waals surface area contributed by atoms with E-state index >= 15 is 0 Å². The number of amides is 2. The molecule has 0 saturated carbocycles. The molecule has 0 aliphatic rings. The van der Waals surface area contributed by atoms with Gasteiger partial charge in [0, 0.05) is 39.0 Å². The first-order chi connectivity index (χ1) is 13.1. The van der Waals surface area contributed by atoms with Crippen LogP contribution in [0.3, 0.4) is 0 Å². The largest absolute Gasteiger partial charge is 0.461 e. The second-order valence-corrected chi connectivity index (χ2v) is 6.01. The van der Waals surface area contributed by atoms with Crippen molar-refractivity contribution >= 4 is 11.8 Å². The number of aryl methyl sites for hydroxylation is 1. The molecule has 2 amide bonds. The van der Waals surface area contributed by atoms with Gasteiger partial charge in [0.25, 0.3) is 5.91 Å². The van der Waals surface area contributed by atoms with E-state index in [4.69, 9.17) is 8.94 Å². The van der Waals surface area contributed by atoms with Crippen molar-refractivity contribution < 1.29 is 18.5 Å². The highest BCUT2D eigenvalue weighted by Crippen LogP contribution is 2.16. The van der Waals surface area contributed by atoms with Crippen LogP contribution in [0.4, 0.5) is 0 Å². The van der Waals surface area contributed by atoms with Crippen molar-refractivity contribution in [3.05, 3.63) is 59.7 Å². The number of carbonyl (C=O) groups excluding carboxylic acids is 2. The second kappa shape index (κ2) is 8.31. The molecule has 0 unspecified atom stereocenters. The van der Waals surface area contributed by atoms with Crippen LogP contribution in [0.15, 0.2) is 51.6 Å². The number of aromatic nitrogens is 2. The molecular weight excluding hydrogens is 348 g/mol. The third-order valence-electron chi connectivity index (χ3n) is 4.05. The Morgan fingerprint density at radius 1 is 1.19 bits per heavy atom. The summed E-state index contributed by atoms with van der Waals surface area (Å²) in [6.07, 6.45) is 2.14. The predicted octanol–water partition coefficient (Wildman–Crippen LogP) is 2.28. The quantitative estimate of drug-likeness (QED) is 0.686. The summed E-state index contributed by atoms with van der Waals surface area (Å²) < 4.78 is 10.4. The lowest BCUT2D eigenvalue weighted by atomic mass is 10.1. The van der Waals surface area contributed by atoms with Gasteiger partial charge in [0.05, 0.1) is 6.26 Å². The minimum absolute atomic E-state index is 0.0388. The third kappa shape index (κ3) is 4.60. The Bertz CT molecular complexity index is 900. The summed E-state index contributed by atoms with van der Waals surface area (Å²) >= 11 is 0. The highest BCUT2D eigenvalue weighted by molar-refractivity contribution is 5.93. The molecule has 0 aliphatic heterocycles. The van der Waals surface area contributed by atoms with E-state index in [1.165, 1.54) is 6.26 Å². The van der Waals surface area contributed by atoms with E-state index < -0.39 is 0 Å². The van der Waals surface area contributed by atoms with Gasteiger partial charge in [-0.25, -0.2) is 0 Å². The van der Waals surface area contributed by atoms with Crippen LogP contribution in [0.5, 0.6) is 0 Å². The average molecular weight is 368 g/mol. The highest BCUT2D eigenvalue weighted by Gasteiger charge is 2.15. The summed E-state index contributed by atoms with van der Waals surface area (Å²) in [6, 6.07) is 10.6. The van der Waals surface area contributed by atoms with Gasteiger partial charge in [-0.2, -0.15) is 4.98 Å². The lowest BCUT2D eigenvalue weighted by molar-refractivity contribution is -0.130. The summed E-state index contributed by atoms with van der Waals surface area (Å²) in [5.74, 6) is 1.10. The van der Waals surface area contributed by atoms with Crippen molar-refractivity contribution in [2.75, 3.05) is 14.1 Å². The van der Waals surface area contributed by atoms with E-state index in [1.807, 2.05) is 12.1 Å². The smallest absolute Gasteiger partial charge is 0.251 e. The fourth-order valence-corrected chi connectivity index (χ4v) is 2.53. The molecule has 0 bridgehead atoms. The summed E-state index contributed by atoms with van der Waals surface area (Å²) in [5, 5.41) is 6.41. The summed E-state index contributed by atoms with van der Waals surface area (Å²) in [6.45, 7) is 0.453. The number of nitrogens with zero attached hydrogens (tertiary/aromatic N) is 3. The second-order valence-electron chi connectivity index (χ2n) is 6.01. The van der Waals surface area contributed by atoms with Crippen LogP contribution in [-0.4, -0.2) is 41.0 Å². The zero-order valence-electron chi connectivity index (χ0n) is 15.1. The van der Waals surface area contributed by atoms with Crippen molar-refractivity contribution in [2.24, 2.45) is 0 Å². The minimum Gasteiger partial charge on any atom is -0.461 e. The van der Waals surface area contributed by atoms with Gasteiger partial charge in [-0.1, -0.05) is 17.3 Å². The average Bonchev–Trinajstić information content (AvgIpc) is 3.37. The van der Waals surface area contributed by atoms with Crippen LogP contribution in [0.25, 0.3) is 11.6 Å². The van der Waals surface area contributed by atoms with Gasteiger partial charge in [0.15, 0.2) is 5.76 Å². The molecule has 0 radical (unpaired) electrons. The summed E-state index contributed by atoms with van der Waals surface area (Å²) in [5.41, 5.74) is 1.52. The Labute approximate surface area is 156 Å². The van der Waals surface area contributed by atoms with Gasteiger partial charge >= 0.3 is 0 Å². The Hall–Kier alpha value is -3.42. The van der Waals surface area contributed by atoms with Crippen molar-refractivity contribution in [2.45, 2.75) is 19.4 Å². The Balaban J connectivity index is 1.51. The van der Waals surface area contributed by atoms with Crippen molar-refractivity contribution in [1.82, 2.24) is 20.4 Å². The summed E-state index contributed by atoms with van der Waals surface area (Å²) in [4.78, 5) is 29.7. The number of furan rings is 1. The molecule has 2 aromatic heterocycles. The first kappa shape index (κ1) is 18.4. The van der Waals surface area contributed by atoms with Crippen LogP contribution in [0.2, 0.25) is 0 Å². The highest BCUT2D eigenvalue weighted by atomic mass is 16.5. The number of carbonyl (C=O) groups is 2. The SMILES string of the molecule is CNC(=O)c1ccc(CN(C)C(=O)CCc2nc(-c3ccco3)no2)cc1. The molecule has 2 heterocycles. The molecule has 1 aromatic carbocycles. The van der Waals surface area contributed by atoms with Gasteiger partial charge in [-0.3, -0.25) is 9.59 Å². The number of hydrogen-bond acceptors (Lipinski definition) is 6. The predicted molar refractivity (Wildman–Crippen MR) is 96.6 cm³/mol. The molecular formula is C19H20N4O4. The van der Waals surface area contributed by atoms with Gasteiger partial charge in [0.1, 0.15) is 0 Å². The molecule has 27 heavy (non-hydrogen) atoms. The van der Waals surface area contributed by atoms with E-state index in [0.29, 0.717) is 36.0 Å². The van der Waals surface area contributed by atoms with E-state index in [0.717, 1.165) is 5.56 Å². The van der Waals surface area contributed by atoms with Gasteiger partial charge in [-0.15, -0.1) is 0 Å². The van der Waals surface area contributed by atoms with Crippen LogP contribution in [0, 0.1) is 0 Å². The molecule has 0 fully saturated rings. The fourth-order valence-electron chi connectivity index (χ4n) is 2.53. The lowest BCUT2D eigenvalue weighted by Gasteiger charge is -2.17. The molecule has 0 saturated heterocycles. The molecule has 1 N–H and O–H groups in total. The first-order valence-electron chi connectivity index (χ1n) is 8.48. The van der Waals surface area contributed by atoms with Crippen molar-refractivity contribution in [1.29, 1.82) is 0 Å². The molecule has 0 atom stereocenters. The Morgan fingerprint density at radius 2 is 1.96 bits per heavy atom. The maximum atomic E-state index is 12.3.